The maximum absolute atomic E-state index is 14.0. The summed E-state index contributed by atoms with van der Waals surface area (Å²) in [5.41, 5.74) is 1.59. The fourth-order valence-electron chi connectivity index (χ4n) is 3.59. The van der Waals surface area contributed by atoms with E-state index in [0.717, 1.165) is 12.0 Å². The standard InChI is InChI=1S/C22H15F3N2O3/c1-2-12-8-9-14-16(10-12)28-11-15-19(14)27-29-20(15)21-17(22(23,24)25)18(26-30-21)13-6-4-3-5-7-13/h3-10H,2,11H2,1H3. The van der Waals surface area contributed by atoms with Gasteiger partial charge in [-0.05, 0) is 24.1 Å². The van der Waals surface area contributed by atoms with Crippen molar-refractivity contribution in [2.75, 3.05) is 0 Å². The number of hydrogen-bond donors (Lipinski definition) is 0. The van der Waals surface area contributed by atoms with Crippen LogP contribution in [0.3, 0.4) is 0 Å². The summed E-state index contributed by atoms with van der Waals surface area (Å²) in [7, 11) is 0. The molecular formula is C22H15F3N2O3. The summed E-state index contributed by atoms with van der Waals surface area (Å²) < 4.78 is 58.2. The number of halogens is 3. The number of hydrogen-bond acceptors (Lipinski definition) is 5. The highest BCUT2D eigenvalue weighted by molar-refractivity contribution is 5.79. The molecule has 30 heavy (non-hydrogen) atoms. The molecule has 0 fully saturated rings. The molecule has 1 aliphatic heterocycles. The molecule has 0 atom stereocenters. The molecule has 2 aromatic carbocycles. The summed E-state index contributed by atoms with van der Waals surface area (Å²) >= 11 is 0. The Kier molecular flexibility index (Phi) is 4.16. The maximum atomic E-state index is 14.0. The van der Waals surface area contributed by atoms with Crippen LogP contribution in [0.5, 0.6) is 5.75 Å². The van der Waals surface area contributed by atoms with Gasteiger partial charge in [-0.3, -0.25) is 0 Å². The number of fused-ring (bicyclic) bond motifs is 3. The van der Waals surface area contributed by atoms with Gasteiger partial charge in [-0.25, -0.2) is 0 Å². The van der Waals surface area contributed by atoms with Crippen LogP contribution in [0, 0.1) is 0 Å². The minimum atomic E-state index is -4.70. The molecular weight excluding hydrogens is 397 g/mol. The Morgan fingerprint density at radius 3 is 2.40 bits per heavy atom. The topological polar surface area (TPSA) is 61.3 Å². The van der Waals surface area contributed by atoms with Gasteiger partial charge >= 0.3 is 6.18 Å². The van der Waals surface area contributed by atoms with Gasteiger partial charge in [-0.15, -0.1) is 0 Å². The van der Waals surface area contributed by atoms with E-state index in [4.69, 9.17) is 13.8 Å². The third-order valence-electron chi connectivity index (χ3n) is 5.10. The third kappa shape index (κ3) is 2.87. The average Bonchev–Trinajstić information content (AvgIpc) is 3.38. The molecule has 5 rings (SSSR count). The van der Waals surface area contributed by atoms with Crippen LogP contribution in [0.15, 0.2) is 57.6 Å². The fraction of sp³-hybridized carbons (Fsp3) is 0.182. The molecule has 4 aromatic rings. The fourth-order valence-corrected chi connectivity index (χ4v) is 3.59. The largest absolute Gasteiger partial charge is 0.488 e. The summed E-state index contributed by atoms with van der Waals surface area (Å²) in [6, 6.07) is 13.7. The van der Waals surface area contributed by atoms with Crippen molar-refractivity contribution < 1.29 is 27.0 Å². The second kappa shape index (κ2) is 6.76. The van der Waals surface area contributed by atoms with Crippen molar-refractivity contribution in [3.05, 3.63) is 65.2 Å². The van der Waals surface area contributed by atoms with Crippen LogP contribution in [-0.2, 0) is 19.2 Å². The van der Waals surface area contributed by atoms with E-state index in [2.05, 4.69) is 10.3 Å². The molecule has 0 saturated carbocycles. The minimum absolute atomic E-state index is 0.0208. The first-order chi connectivity index (χ1) is 14.5. The number of rotatable bonds is 3. The zero-order chi connectivity index (χ0) is 20.9. The van der Waals surface area contributed by atoms with E-state index in [9.17, 15) is 13.2 Å². The predicted molar refractivity (Wildman–Crippen MR) is 102 cm³/mol. The molecule has 8 heteroatoms. The summed E-state index contributed by atoms with van der Waals surface area (Å²) in [4.78, 5) is 0. The lowest BCUT2D eigenvalue weighted by molar-refractivity contribution is -0.136. The minimum Gasteiger partial charge on any atom is -0.488 e. The molecule has 3 heterocycles. The molecule has 0 N–H and O–H groups in total. The highest BCUT2D eigenvalue weighted by atomic mass is 19.4. The average molecular weight is 412 g/mol. The van der Waals surface area contributed by atoms with Crippen LogP contribution in [0.4, 0.5) is 13.2 Å². The van der Waals surface area contributed by atoms with Crippen molar-refractivity contribution in [1.29, 1.82) is 0 Å². The van der Waals surface area contributed by atoms with Gasteiger partial charge < -0.3 is 13.8 Å². The first-order valence-electron chi connectivity index (χ1n) is 9.34. The number of aryl methyl sites for hydroxylation is 1. The van der Waals surface area contributed by atoms with E-state index >= 15 is 0 Å². The van der Waals surface area contributed by atoms with Gasteiger partial charge in [0, 0.05) is 11.1 Å². The third-order valence-corrected chi connectivity index (χ3v) is 5.10. The molecule has 5 nitrogen and oxygen atoms in total. The lowest BCUT2D eigenvalue weighted by atomic mass is 9.98. The summed E-state index contributed by atoms with van der Waals surface area (Å²) in [5.74, 6) is -0.00940. The van der Waals surface area contributed by atoms with Gasteiger partial charge in [0.05, 0.1) is 5.56 Å². The van der Waals surface area contributed by atoms with E-state index in [-0.39, 0.29) is 18.1 Å². The van der Waals surface area contributed by atoms with Gasteiger partial charge in [-0.1, -0.05) is 53.6 Å². The van der Waals surface area contributed by atoms with Gasteiger partial charge in [-0.2, -0.15) is 13.2 Å². The first-order valence-corrected chi connectivity index (χ1v) is 9.34. The molecule has 0 aliphatic carbocycles. The number of benzene rings is 2. The van der Waals surface area contributed by atoms with Crippen LogP contribution in [0.25, 0.3) is 34.0 Å². The van der Waals surface area contributed by atoms with E-state index in [1.807, 2.05) is 25.1 Å². The lowest BCUT2D eigenvalue weighted by Crippen LogP contribution is -2.09. The molecule has 0 radical (unpaired) electrons. The van der Waals surface area contributed by atoms with Crippen LogP contribution in [-0.4, -0.2) is 10.3 Å². The van der Waals surface area contributed by atoms with Crippen molar-refractivity contribution in [2.24, 2.45) is 0 Å². The number of ether oxygens (including phenoxy) is 1. The Morgan fingerprint density at radius 1 is 0.933 bits per heavy atom. The molecule has 0 bridgehead atoms. The summed E-state index contributed by atoms with van der Waals surface area (Å²) in [6.45, 7) is 2.05. The molecule has 0 amide bonds. The van der Waals surface area contributed by atoms with Crippen molar-refractivity contribution >= 4 is 0 Å². The SMILES string of the molecule is CCc1ccc2c(c1)OCc1c-2noc1-c1onc(-c2ccccc2)c1C(F)(F)F. The monoisotopic (exact) mass is 412 g/mol. The maximum Gasteiger partial charge on any atom is 0.422 e. The number of aromatic nitrogens is 2. The Morgan fingerprint density at radius 2 is 1.67 bits per heavy atom. The van der Waals surface area contributed by atoms with E-state index in [0.29, 0.717) is 28.1 Å². The zero-order valence-electron chi connectivity index (χ0n) is 15.8. The summed E-state index contributed by atoms with van der Waals surface area (Å²) in [6.07, 6.45) is -3.87. The van der Waals surface area contributed by atoms with Gasteiger partial charge in [0.2, 0.25) is 11.5 Å². The lowest BCUT2D eigenvalue weighted by Gasteiger charge is -2.17. The molecule has 0 saturated heterocycles. The molecule has 0 spiro atoms. The van der Waals surface area contributed by atoms with Crippen LogP contribution in [0.2, 0.25) is 0 Å². The van der Waals surface area contributed by atoms with Crippen molar-refractivity contribution in [1.82, 2.24) is 10.3 Å². The second-order valence-electron chi connectivity index (χ2n) is 6.91. The highest BCUT2D eigenvalue weighted by Crippen LogP contribution is 2.47. The Labute approximate surface area is 169 Å². The first kappa shape index (κ1) is 18.5. The van der Waals surface area contributed by atoms with Gasteiger partial charge in [0.25, 0.3) is 0 Å². The van der Waals surface area contributed by atoms with E-state index in [1.54, 1.807) is 18.2 Å². The number of alkyl halides is 3. The van der Waals surface area contributed by atoms with Crippen molar-refractivity contribution in [3.8, 4) is 39.8 Å². The van der Waals surface area contributed by atoms with Gasteiger partial charge in [0.15, 0.2) is 0 Å². The smallest absolute Gasteiger partial charge is 0.422 e. The summed E-state index contributed by atoms with van der Waals surface area (Å²) in [5, 5.41) is 7.73. The highest BCUT2D eigenvalue weighted by Gasteiger charge is 2.43. The van der Waals surface area contributed by atoms with Crippen LogP contribution >= 0.6 is 0 Å². The molecule has 2 aromatic heterocycles. The van der Waals surface area contributed by atoms with Crippen LogP contribution < -0.4 is 4.74 Å². The Hall–Kier alpha value is -3.55. The molecule has 152 valence electrons. The van der Waals surface area contributed by atoms with E-state index in [1.165, 1.54) is 12.1 Å². The van der Waals surface area contributed by atoms with E-state index < -0.39 is 17.5 Å². The predicted octanol–water partition coefficient (Wildman–Crippen LogP) is 6.14. The van der Waals surface area contributed by atoms with Crippen molar-refractivity contribution in [3.63, 3.8) is 0 Å². The molecule has 1 aliphatic rings. The van der Waals surface area contributed by atoms with Gasteiger partial charge in [0.1, 0.15) is 29.3 Å². The normalized spacial score (nSPS) is 12.9. The zero-order valence-corrected chi connectivity index (χ0v) is 15.8. The molecule has 0 unspecified atom stereocenters. The Bertz CT molecular complexity index is 1230. The second-order valence-corrected chi connectivity index (χ2v) is 6.91. The Balaban J connectivity index is 1.67. The van der Waals surface area contributed by atoms with Crippen LogP contribution in [0.1, 0.15) is 23.6 Å². The van der Waals surface area contributed by atoms with Crippen molar-refractivity contribution in [2.45, 2.75) is 26.1 Å². The number of nitrogens with zero attached hydrogens (tertiary/aromatic N) is 2. The quantitative estimate of drug-likeness (QED) is 0.405.